The first-order valence-electron chi connectivity index (χ1n) is 6.18. The molecule has 2 rings (SSSR count). The van der Waals surface area contributed by atoms with Crippen LogP contribution in [-0.4, -0.2) is 7.05 Å². The molecule has 0 radical (unpaired) electrons. The molecule has 0 heterocycles. The van der Waals surface area contributed by atoms with Crippen LogP contribution in [0.4, 0.5) is 11.4 Å². The summed E-state index contributed by atoms with van der Waals surface area (Å²) in [6.07, 6.45) is 0. The average molecular weight is 277 g/mol. The fourth-order valence-corrected chi connectivity index (χ4v) is 2.23. The zero-order chi connectivity index (χ0) is 13.1. The normalized spacial score (nSPS) is 9.84. The molecule has 2 nitrogen and oxygen atoms in total. The van der Waals surface area contributed by atoms with Gasteiger partial charge in [0.15, 0.2) is 0 Å². The van der Waals surface area contributed by atoms with E-state index in [1.54, 1.807) is 0 Å². The largest absolute Gasteiger partial charge is 0.399 e. The summed E-state index contributed by atoms with van der Waals surface area (Å²) in [5.41, 5.74) is 11.7. The molecular weight excluding hydrogens is 256 g/mol. The highest BCUT2D eigenvalue weighted by Crippen LogP contribution is 2.20. The van der Waals surface area contributed by atoms with E-state index in [-0.39, 0.29) is 12.4 Å². The van der Waals surface area contributed by atoms with Crippen molar-refractivity contribution in [2.45, 2.75) is 20.4 Å². The van der Waals surface area contributed by atoms with Gasteiger partial charge in [0.05, 0.1) is 0 Å². The molecule has 2 aromatic rings. The number of halogens is 1. The summed E-state index contributed by atoms with van der Waals surface area (Å²) in [6, 6.07) is 14.7. The molecule has 0 atom stereocenters. The molecule has 102 valence electrons. The molecule has 0 saturated carbocycles. The van der Waals surface area contributed by atoms with Gasteiger partial charge in [0.25, 0.3) is 0 Å². The number of nitrogens with zero attached hydrogens (tertiary/aromatic N) is 1. The minimum atomic E-state index is 0. The minimum absolute atomic E-state index is 0. The minimum Gasteiger partial charge on any atom is -0.399 e. The Morgan fingerprint density at radius 2 is 1.63 bits per heavy atom. The highest BCUT2D eigenvalue weighted by molar-refractivity contribution is 5.85. The first kappa shape index (κ1) is 15.4. The van der Waals surface area contributed by atoms with Crippen molar-refractivity contribution in [3.8, 4) is 0 Å². The second-order valence-electron chi connectivity index (χ2n) is 4.95. The SMILES string of the molecule is Cc1cc(C)cc(N(C)Cc2cccc(N)c2)c1.Cl. The maximum atomic E-state index is 5.80. The third-order valence-corrected chi connectivity index (χ3v) is 3.02. The van der Waals surface area contributed by atoms with Crippen LogP contribution in [0.25, 0.3) is 0 Å². The van der Waals surface area contributed by atoms with Crippen molar-refractivity contribution in [3.05, 3.63) is 59.2 Å². The standard InChI is InChI=1S/C16H20N2.ClH/c1-12-7-13(2)9-16(8-12)18(3)11-14-5-4-6-15(17)10-14;/h4-10H,11,17H2,1-3H3;1H. The van der Waals surface area contributed by atoms with Crippen molar-refractivity contribution in [2.75, 3.05) is 17.7 Å². The summed E-state index contributed by atoms with van der Waals surface area (Å²) < 4.78 is 0. The lowest BCUT2D eigenvalue weighted by Gasteiger charge is -2.20. The van der Waals surface area contributed by atoms with Gasteiger partial charge in [0.1, 0.15) is 0 Å². The van der Waals surface area contributed by atoms with Gasteiger partial charge in [-0.25, -0.2) is 0 Å². The van der Waals surface area contributed by atoms with E-state index in [0.717, 1.165) is 12.2 Å². The number of benzene rings is 2. The fourth-order valence-electron chi connectivity index (χ4n) is 2.23. The Balaban J connectivity index is 0.00000180. The van der Waals surface area contributed by atoms with Crippen LogP contribution >= 0.6 is 12.4 Å². The molecule has 2 N–H and O–H groups in total. The predicted molar refractivity (Wildman–Crippen MR) is 86.1 cm³/mol. The molecule has 0 bridgehead atoms. The number of nitrogen functional groups attached to an aromatic ring is 1. The second kappa shape index (κ2) is 6.48. The molecule has 0 fully saturated rings. The quantitative estimate of drug-likeness (QED) is 0.861. The average Bonchev–Trinajstić information content (AvgIpc) is 2.27. The zero-order valence-electron chi connectivity index (χ0n) is 11.7. The molecule has 0 unspecified atom stereocenters. The Bertz CT molecular complexity index is 532. The van der Waals surface area contributed by atoms with Crippen LogP contribution in [0, 0.1) is 13.8 Å². The van der Waals surface area contributed by atoms with Crippen LogP contribution < -0.4 is 10.6 Å². The van der Waals surface area contributed by atoms with Crippen LogP contribution in [0.15, 0.2) is 42.5 Å². The number of hydrogen-bond donors (Lipinski definition) is 1. The van der Waals surface area contributed by atoms with Gasteiger partial charge >= 0.3 is 0 Å². The van der Waals surface area contributed by atoms with Crippen molar-refractivity contribution in [2.24, 2.45) is 0 Å². The third-order valence-electron chi connectivity index (χ3n) is 3.02. The van der Waals surface area contributed by atoms with Gasteiger partial charge in [-0.05, 0) is 54.8 Å². The van der Waals surface area contributed by atoms with Crippen molar-refractivity contribution in [1.29, 1.82) is 0 Å². The maximum absolute atomic E-state index is 5.80. The molecule has 3 heteroatoms. The smallest absolute Gasteiger partial charge is 0.0426 e. The Kier molecular flexibility index (Phi) is 5.25. The number of aryl methyl sites for hydroxylation is 2. The Morgan fingerprint density at radius 3 is 2.21 bits per heavy atom. The van der Waals surface area contributed by atoms with Gasteiger partial charge in [0.2, 0.25) is 0 Å². The molecule has 0 amide bonds. The number of anilines is 2. The first-order valence-corrected chi connectivity index (χ1v) is 6.18. The van der Waals surface area contributed by atoms with Gasteiger partial charge in [-0.2, -0.15) is 0 Å². The maximum Gasteiger partial charge on any atom is 0.0426 e. The number of hydrogen-bond acceptors (Lipinski definition) is 2. The van der Waals surface area contributed by atoms with Crippen molar-refractivity contribution in [1.82, 2.24) is 0 Å². The van der Waals surface area contributed by atoms with Gasteiger partial charge in [-0.3, -0.25) is 0 Å². The summed E-state index contributed by atoms with van der Waals surface area (Å²) in [7, 11) is 2.11. The van der Waals surface area contributed by atoms with Crippen molar-refractivity contribution in [3.63, 3.8) is 0 Å². The molecule has 0 saturated heterocycles. The molecule has 0 aromatic heterocycles. The summed E-state index contributed by atoms with van der Waals surface area (Å²) in [4.78, 5) is 2.24. The molecule has 19 heavy (non-hydrogen) atoms. The van der Waals surface area contributed by atoms with Crippen LogP contribution in [0.3, 0.4) is 0 Å². The van der Waals surface area contributed by atoms with Gasteiger partial charge < -0.3 is 10.6 Å². The fraction of sp³-hybridized carbons (Fsp3) is 0.250. The Labute approximate surface area is 121 Å². The molecular formula is C16H21ClN2. The third kappa shape index (κ3) is 4.18. The predicted octanol–water partition coefficient (Wildman–Crippen LogP) is 3.94. The van der Waals surface area contributed by atoms with E-state index in [2.05, 4.69) is 50.1 Å². The topological polar surface area (TPSA) is 29.3 Å². The summed E-state index contributed by atoms with van der Waals surface area (Å²) in [6.45, 7) is 5.13. The lowest BCUT2D eigenvalue weighted by Crippen LogP contribution is -2.16. The Morgan fingerprint density at radius 1 is 1.00 bits per heavy atom. The van der Waals surface area contributed by atoms with E-state index >= 15 is 0 Å². The summed E-state index contributed by atoms with van der Waals surface area (Å²) >= 11 is 0. The van der Waals surface area contributed by atoms with E-state index in [1.807, 2.05) is 18.2 Å². The van der Waals surface area contributed by atoms with Crippen LogP contribution in [0.5, 0.6) is 0 Å². The molecule has 0 aliphatic heterocycles. The summed E-state index contributed by atoms with van der Waals surface area (Å²) in [5, 5.41) is 0. The molecule has 0 spiro atoms. The van der Waals surface area contributed by atoms with Crippen molar-refractivity contribution >= 4 is 23.8 Å². The zero-order valence-corrected chi connectivity index (χ0v) is 12.5. The van der Waals surface area contributed by atoms with Crippen LogP contribution in [-0.2, 0) is 6.54 Å². The lowest BCUT2D eigenvalue weighted by atomic mass is 10.1. The lowest BCUT2D eigenvalue weighted by molar-refractivity contribution is 0.921. The second-order valence-corrected chi connectivity index (χ2v) is 4.95. The Hall–Kier alpha value is -1.67. The van der Waals surface area contributed by atoms with Gasteiger partial charge in [0, 0.05) is 25.0 Å². The van der Waals surface area contributed by atoms with E-state index < -0.39 is 0 Å². The van der Waals surface area contributed by atoms with Crippen LogP contribution in [0.2, 0.25) is 0 Å². The van der Waals surface area contributed by atoms with Crippen LogP contribution in [0.1, 0.15) is 16.7 Å². The van der Waals surface area contributed by atoms with E-state index in [9.17, 15) is 0 Å². The van der Waals surface area contributed by atoms with Gasteiger partial charge in [-0.1, -0.05) is 18.2 Å². The highest BCUT2D eigenvalue weighted by Gasteiger charge is 2.03. The van der Waals surface area contributed by atoms with Crippen molar-refractivity contribution < 1.29 is 0 Å². The summed E-state index contributed by atoms with van der Waals surface area (Å²) in [5.74, 6) is 0. The molecule has 2 aromatic carbocycles. The highest BCUT2D eigenvalue weighted by atomic mass is 35.5. The molecule has 0 aliphatic rings. The monoisotopic (exact) mass is 276 g/mol. The number of nitrogens with two attached hydrogens (primary N) is 1. The van der Waals surface area contributed by atoms with E-state index in [1.165, 1.54) is 22.4 Å². The number of rotatable bonds is 3. The first-order chi connectivity index (χ1) is 8.54. The molecule has 0 aliphatic carbocycles. The van der Waals surface area contributed by atoms with E-state index in [4.69, 9.17) is 5.73 Å². The van der Waals surface area contributed by atoms with E-state index in [0.29, 0.717) is 0 Å². The van der Waals surface area contributed by atoms with Gasteiger partial charge in [-0.15, -0.1) is 12.4 Å².